The van der Waals surface area contributed by atoms with Crippen LogP contribution in [0.3, 0.4) is 0 Å². The highest BCUT2D eigenvalue weighted by Crippen LogP contribution is 2.09. The van der Waals surface area contributed by atoms with Gasteiger partial charge >= 0.3 is 0 Å². The Labute approximate surface area is 156 Å². The van der Waals surface area contributed by atoms with E-state index in [2.05, 4.69) is 45.3 Å². The number of aliphatic imine (C=N–C) groups is 2. The van der Waals surface area contributed by atoms with E-state index in [1.165, 1.54) is 31.6 Å². The average Bonchev–Trinajstić information content (AvgIpc) is 2.60. The molecule has 0 aliphatic rings. The van der Waals surface area contributed by atoms with E-state index in [1.54, 1.807) is 12.1 Å². The highest BCUT2D eigenvalue weighted by Gasteiger charge is 2.17. The second-order valence-electron chi connectivity index (χ2n) is 4.84. The third kappa shape index (κ3) is 7.23. The first-order valence-corrected chi connectivity index (χ1v) is 7.77. The zero-order valence-corrected chi connectivity index (χ0v) is 15.1. The van der Waals surface area contributed by atoms with E-state index in [1.807, 2.05) is 0 Å². The molecule has 0 aliphatic carbocycles. The van der Waals surface area contributed by atoms with Gasteiger partial charge in [-0.15, -0.1) is 0 Å². The van der Waals surface area contributed by atoms with Crippen LogP contribution in [-0.4, -0.2) is 36.0 Å². The van der Waals surface area contributed by atoms with Gasteiger partial charge in [-0.1, -0.05) is 37.4 Å². The van der Waals surface area contributed by atoms with Crippen LogP contribution in [0.5, 0.6) is 0 Å². The predicted molar refractivity (Wildman–Crippen MR) is 105 cm³/mol. The molecular formula is C18H19ClFN5O. The van der Waals surface area contributed by atoms with Gasteiger partial charge in [0.1, 0.15) is 11.6 Å². The lowest BCUT2D eigenvalue weighted by molar-refractivity contribution is -0.110. The molecule has 8 heteroatoms. The molecule has 0 saturated carbocycles. The third-order valence-electron chi connectivity index (χ3n) is 2.81. The molecule has 0 atom stereocenters. The fourth-order valence-corrected chi connectivity index (χ4v) is 1.78. The van der Waals surface area contributed by atoms with Gasteiger partial charge in [0.25, 0.3) is 5.91 Å². The molecule has 0 saturated heterocycles. The van der Waals surface area contributed by atoms with Crippen molar-refractivity contribution >= 4 is 34.9 Å². The minimum absolute atomic E-state index is 0.0355. The van der Waals surface area contributed by atoms with Crippen molar-refractivity contribution in [1.29, 1.82) is 0 Å². The molecule has 0 unspecified atom stereocenters. The van der Waals surface area contributed by atoms with Crippen LogP contribution in [0.15, 0.2) is 77.8 Å². The van der Waals surface area contributed by atoms with Crippen LogP contribution in [0.4, 0.5) is 10.2 Å². The molecule has 0 fully saturated rings. The van der Waals surface area contributed by atoms with Crippen molar-refractivity contribution in [3.63, 3.8) is 0 Å². The summed E-state index contributed by atoms with van der Waals surface area (Å²) >= 11 is 5.76. The number of hydrogen-bond acceptors (Lipinski definition) is 4. The fourth-order valence-electron chi connectivity index (χ4n) is 1.67. The highest BCUT2D eigenvalue weighted by molar-refractivity contribution is 6.68. The zero-order valence-electron chi connectivity index (χ0n) is 14.3. The number of hydrogen-bond donors (Lipinski definition) is 2. The largest absolute Gasteiger partial charge is 0.346 e. The average molecular weight is 376 g/mol. The number of halogens is 2. The van der Waals surface area contributed by atoms with E-state index in [9.17, 15) is 9.18 Å². The van der Waals surface area contributed by atoms with Gasteiger partial charge in [-0.2, -0.15) is 0 Å². The number of nitrogens with one attached hydrogen (secondary N) is 2. The first-order valence-electron chi connectivity index (χ1n) is 7.39. The fraction of sp³-hybridized carbons (Fsp3) is 0.111. The quantitative estimate of drug-likeness (QED) is 0.415. The Hall–Kier alpha value is -3.06. The van der Waals surface area contributed by atoms with Crippen molar-refractivity contribution in [2.24, 2.45) is 9.98 Å². The van der Waals surface area contributed by atoms with E-state index in [4.69, 9.17) is 11.6 Å². The Kier molecular flexibility index (Phi) is 8.66. The summed E-state index contributed by atoms with van der Waals surface area (Å²) in [5, 5.41) is 5.80. The molecule has 0 spiro atoms. The maximum atomic E-state index is 12.6. The molecule has 6 nitrogen and oxygen atoms in total. The van der Waals surface area contributed by atoms with Crippen LogP contribution in [0.25, 0.3) is 0 Å². The number of carbonyl (C=O) groups excluding carboxylic acids is 1. The summed E-state index contributed by atoms with van der Waals surface area (Å²) in [6, 6.07) is 3.15. The van der Waals surface area contributed by atoms with Gasteiger partial charge in [-0.05, 0) is 30.0 Å². The molecule has 0 aromatic carbocycles. The van der Waals surface area contributed by atoms with Gasteiger partial charge in [0, 0.05) is 13.2 Å². The molecule has 1 amide bonds. The predicted octanol–water partition coefficient (Wildman–Crippen LogP) is 3.47. The summed E-state index contributed by atoms with van der Waals surface area (Å²) in [5.41, 5.74) is 0.552. The lowest BCUT2D eigenvalue weighted by Crippen LogP contribution is -2.37. The van der Waals surface area contributed by atoms with Gasteiger partial charge in [-0.25, -0.2) is 9.37 Å². The molecule has 0 bridgehead atoms. The van der Waals surface area contributed by atoms with Crippen molar-refractivity contribution < 1.29 is 9.18 Å². The Balaban J connectivity index is 2.92. The number of amides is 1. The number of allylic oxidation sites excluding steroid dienone is 2. The summed E-state index contributed by atoms with van der Waals surface area (Å²) < 4.78 is 12.6. The maximum Gasteiger partial charge on any atom is 0.278 e. The monoisotopic (exact) mass is 375 g/mol. The molecule has 1 aromatic rings. The summed E-state index contributed by atoms with van der Waals surface area (Å²) in [5.74, 6) is -0.617. The van der Waals surface area contributed by atoms with Crippen LogP contribution in [0.2, 0.25) is 5.02 Å². The van der Waals surface area contributed by atoms with Crippen molar-refractivity contribution in [2.75, 3.05) is 18.9 Å². The normalized spacial score (nSPS) is 12.0. The number of carbonyl (C=O) groups is 1. The summed E-state index contributed by atoms with van der Waals surface area (Å²) in [7, 11) is 1.45. The van der Waals surface area contributed by atoms with Gasteiger partial charge in [0.05, 0.1) is 11.6 Å². The summed E-state index contributed by atoms with van der Waals surface area (Å²) in [4.78, 5) is 24.6. The summed E-state index contributed by atoms with van der Waals surface area (Å²) in [6.07, 6.45) is 5.38. The SMILES string of the molecule is C=CNC(=NCC(=C)/C=C\C(=C)F)C(=NC)C(=O)Nc1ccc(Cl)cn1. The van der Waals surface area contributed by atoms with Gasteiger partial charge in [0.2, 0.25) is 0 Å². The molecular weight excluding hydrogens is 357 g/mol. The second-order valence-corrected chi connectivity index (χ2v) is 5.28. The minimum atomic E-state index is -0.592. The molecule has 2 N–H and O–H groups in total. The van der Waals surface area contributed by atoms with Crippen LogP contribution in [0.1, 0.15) is 0 Å². The molecule has 1 heterocycles. The molecule has 1 aromatic heterocycles. The third-order valence-corrected chi connectivity index (χ3v) is 3.03. The number of amidine groups is 1. The smallest absolute Gasteiger partial charge is 0.278 e. The van der Waals surface area contributed by atoms with Gasteiger partial charge < -0.3 is 10.6 Å². The molecule has 1 rings (SSSR count). The van der Waals surface area contributed by atoms with Crippen LogP contribution in [0, 0.1) is 0 Å². The Morgan fingerprint density at radius 3 is 2.65 bits per heavy atom. The highest BCUT2D eigenvalue weighted by atomic mass is 35.5. The lowest BCUT2D eigenvalue weighted by atomic mass is 10.2. The lowest BCUT2D eigenvalue weighted by Gasteiger charge is -2.10. The Morgan fingerprint density at radius 1 is 1.38 bits per heavy atom. The van der Waals surface area contributed by atoms with E-state index < -0.39 is 11.7 Å². The van der Waals surface area contributed by atoms with Crippen LogP contribution >= 0.6 is 11.6 Å². The van der Waals surface area contributed by atoms with Crippen molar-refractivity contribution in [3.8, 4) is 0 Å². The minimum Gasteiger partial charge on any atom is -0.346 e. The first-order chi connectivity index (χ1) is 12.4. The topological polar surface area (TPSA) is 78.7 Å². The van der Waals surface area contributed by atoms with Crippen LogP contribution in [-0.2, 0) is 4.79 Å². The first kappa shape index (κ1) is 21.0. The molecule has 0 radical (unpaired) electrons. The van der Waals surface area contributed by atoms with Crippen molar-refractivity contribution in [1.82, 2.24) is 10.3 Å². The molecule has 0 aliphatic heterocycles. The van der Waals surface area contributed by atoms with E-state index in [0.29, 0.717) is 16.4 Å². The zero-order chi connectivity index (χ0) is 19.5. The standard InChI is InChI=1S/C18H19ClFN5O/c1-5-22-17(24-10-12(2)6-7-13(3)20)16(21-4)18(26)25-15-9-8-14(19)11-23-15/h5-9,11H,1-3,10H2,4H3,(H,22,24)(H,23,25,26)/b7-6-,21-16?. The van der Waals surface area contributed by atoms with E-state index in [0.717, 1.165) is 0 Å². The summed E-state index contributed by atoms with van der Waals surface area (Å²) in [6.45, 7) is 10.5. The second kappa shape index (κ2) is 10.7. The Bertz CT molecular complexity index is 781. The number of anilines is 1. The number of nitrogens with zero attached hydrogens (tertiary/aromatic N) is 3. The number of aromatic nitrogens is 1. The molecule has 26 heavy (non-hydrogen) atoms. The van der Waals surface area contributed by atoms with E-state index >= 15 is 0 Å². The Morgan fingerprint density at radius 2 is 2.12 bits per heavy atom. The molecule has 136 valence electrons. The van der Waals surface area contributed by atoms with Gasteiger partial charge in [0.15, 0.2) is 11.5 Å². The van der Waals surface area contributed by atoms with Gasteiger partial charge in [-0.3, -0.25) is 14.8 Å². The number of pyridine rings is 1. The van der Waals surface area contributed by atoms with Crippen molar-refractivity contribution in [2.45, 2.75) is 0 Å². The number of rotatable bonds is 8. The van der Waals surface area contributed by atoms with Crippen LogP contribution < -0.4 is 10.6 Å². The van der Waals surface area contributed by atoms with Crippen molar-refractivity contribution in [3.05, 3.63) is 72.8 Å². The maximum absolute atomic E-state index is 12.6. The van der Waals surface area contributed by atoms with E-state index in [-0.39, 0.29) is 18.1 Å².